The Morgan fingerprint density at radius 2 is 1.63 bits per heavy atom. The van der Waals surface area contributed by atoms with Crippen molar-refractivity contribution in [1.82, 2.24) is 5.32 Å². The fourth-order valence-electron chi connectivity index (χ4n) is 5.30. The van der Waals surface area contributed by atoms with Crippen molar-refractivity contribution in [2.75, 3.05) is 35.0 Å². The van der Waals surface area contributed by atoms with Gasteiger partial charge in [-0.2, -0.15) is 0 Å². The van der Waals surface area contributed by atoms with Crippen LogP contribution < -0.4 is 24.3 Å². The van der Waals surface area contributed by atoms with Crippen molar-refractivity contribution in [3.63, 3.8) is 0 Å². The van der Waals surface area contributed by atoms with E-state index in [1.165, 1.54) is 0 Å². The Bertz CT molecular complexity index is 1330. The third kappa shape index (κ3) is 4.99. The molecule has 0 amide bonds. The standard InChI is InChI=1S/C29H32BrNO7/c1-7-38-29(33)25-15(2)31-20-11-17(16-8-9-22(34-3)23(13-16)35-4)12-21(32)27(20)26(25)18-10-19(30)28(37-6)24(14-18)36-5/h8-10,13-14,17,26,31H,7,11-12H2,1-6H3/t17-,26-/m1/s1. The largest absolute Gasteiger partial charge is 0.493 e. The topological polar surface area (TPSA) is 92.3 Å². The molecule has 0 aromatic heterocycles. The Kier molecular flexibility index (Phi) is 8.35. The molecule has 2 atom stereocenters. The molecule has 0 saturated carbocycles. The molecule has 1 aliphatic carbocycles. The Hall–Kier alpha value is -3.46. The molecule has 0 saturated heterocycles. The minimum absolute atomic E-state index is 0.0382. The molecular formula is C29H32BrNO7. The molecule has 2 aliphatic rings. The number of nitrogens with one attached hydrogen (secondary N) is 1. The van der Waals surface area contributed by atoms with Gasteiger partial charge in [0.25, 0.3) is 0 Å². The van der Waals surface area contributed by atoms with E-state index in [0.29, 0.717) is 50.7 Å². The molecule has 9 heteroatoms. The number of allylic oxidation sites excluding steroid dienone is 3. The number of ketones is 1. The molecule has 4 rings (SSSR count). The first kappa shape index (κ1) is 27.6. The summed E-state index contributed by atoms with van der Waals surface area (Å²) in [5, 5.41) is 3.37. The Labute approximate surface area is 231 Å². The molecule has 0 fully saturated rings. The van der Waals surface area contributed by atoms with Crippen LogP contribution in [0.5, 0.6) is 23.0 Å². The second-order valence-electron chi connectivity index (χ2n) is 9.09. The summed E-state index contributed by atoms with van der Waals surface area (Å²) in [5.41, 5.74) is 4.12. The first-order valence-electron chi connectivity index (χ1n) is 12.3. The summed E-state index contributed by atoms with van der Waals surface area (Å²) in [6, 6.07) is 9.40. The van der Waals surface area contributed by atoms with E-state index in [1.54, 1.807) is 35.4 Å². The lowest BCUT2D eigenvalue weighted by Gasteiger charge is -2.37. The van der Waals surface area contributed by atoms with Gasteiger partial charge in [-0.3, -0.25) is 4.79 Å². The van der Waals surface area contributed by atoms with E-state index in [1.807, 2.05) is 37.3 Å². The van der Waals surface area contributed by atoms with Gasteiger partial charge in [0.1, 0.15) is 0 Å². The van der Waals surface area contributed by atoms with Crippen LogP contribution in [0.15, 0.2) is 57.3 Å². The van der Waals surface area contributed by atoms with Gasteiger partial charge >= 0.3 is 5.97 Å². The third-order valence-corrected chi connectivity index (χ3v) is 7.58. The highest BCUT2D eigenvalue weighted by molar-refractivity contribution is 9.10. The number of carbonyl (C=O) groups is 2. The minimum Gasteiger partial charge on any atom is -0.493 e. The van der Waals surface area contributed by atoms with E-state index in [2.05, 4.69) is 21.2 Å². The number of carbonyl (C=O) groups excluding carboxylic acids is 2. The first-order valence-corrected chi connectivity index (χ1v) is 13.1. The lowest BCUT2D eigenvalue weighted by atomic mass is 9.71. The molecule has 1 heterocycles. The van der Waals surface area contributed by atoms with E-state index < -0.39 is 11.9 Å². The summed E-state index contributed by atoms with van der Waals surface area (Å²) < 4.78 is 28.0. The number of benzene rings is 2. The molecule has 8 nitrogen and oxygen atoms in total. The van der Waals surface area contributed by atoms with E-state index in [0.717, 1.165) is 16.8 Å². The van der Waals surface area contributed by atoms with Gasteiger partial charge in [-0.25, -0.2) is 4.79 Å². The maximum atomic E-state index is 13.9. The van der Waals surface area contributed by atoms with E-state index in [-0.39, 0.29) is 24.7 Å². The van der Waals surface area contributed by atoms with Crippen molar-refractivity contribution in [2.24, 2.45) is 0 Å². The fraction of sp³-hybridized carbons (Fsp3) is 0.379. The van der Waals surface area contributed by atoms with Crippen LogP contribution in [0.2, 0.25) is 0 Å². The molecule has 0 unspecified atom stereocenters. The summed E-state index contributed by atoms with van der Waals surface area (Å²) in [5.74, 6) is 1.07. The average molecular weight is 586 g/mol. The number of rotatable bonds is 8. The zero-order valence-electron chi connectivity index (χ0n) is 22.4. The van der Waals surface area contributed by atoms with Crippen LogP contribution >= 0.6 is 15.9 Å². The number of dihydropyridines is 1. The highest BCUT2D eigenvalue weighted by Crippen LogP contribution is 2.49. The molecule has 1 aliphatic heterocycles. The predicted molar refractivity (Wildman–Crippen MR) is 146 cm³/mol. The predicted octanol–water partition coefficient (Wildman–Crippen LogP) is 5.41. The van der Waals surface area contributed by atoms with Gasteiger partial charge in [0.05, 0.1) is 45.1 Å². The van der Waals surface area contributed by atoms with Gasteiger partial charge in [0, 0.05) is 29.3 Å². The van der Waals surface area contributed by atoms with Crippen LogP contribution in [-0.2, 0) is 14.3 Å². The lowest BCUT2D eigenvalue weighted by molar-refractivity contribution is -0.138. The van der Waals surface area contributed by atoms with Crippen molar-refractivity contribution >= 4 is 27.7 Å². The number of halogens is 1. The van der Waals surface area contributed by atoms with Gasteiger partial charge in [-0.05, 0) is 77.5 Å². The maximum absolute atomic E-state index is 13.9. The average Bonchev–Trinajstić information content (AvgIpc) is 2.91. The number of Topliss-reactive ketones (excluding diaryl/α,β-unsaturated/α-hetero) is 1. The zero-order valence-corrected chi connectivity index (χ0v) is 24.0. The van der Waals surface area contributed by atoms with Crippen molar-refractivity contribution in [3.8, 4) is 23.0 Å². The second-order valence-corrected chi connectivity index (χ2v) is 9.94. The van der Waals surface area contributed by atoms with Crippen LogP contribution in [-0.4, -0.2) is 46.8 Å². The highest BCUT2D eigenvalue weighted by atomic mass is 79.9. The van der Waals surface area contributed by atoms with Crippen molar-refractivity contribution < 1.29 is 33.3 Å². The summed E-state index contributed by atoms with van der Waals surface area (Å²) in [6.07, 6.45) is 0.880. The molecular weight excluding hydrogens is 554 g/mol. The number of methoxy groups -OCH3 is 4. The summed E-state index contributed by atoms with van der Waals surface area (Å²) in [4.78, 5) is 27.1. The van der Waals surface area contributed by atoms with Crippen molar-refractivity contribution in [3.05, 3.63) is 68.5 Å². The Morgan fingerprint density at radius 1 is 0.947 bits per heavy atom. The third-order valence-electron chi connectivity index (χ3n) is 6.99. The highest BCUT2D eigenvalue weighted by Gasteiger charge is 2.42. The molecule has 1 N–H and O–H groups in total. The Morgan fingerprint density at radius 3 is 2.26 bits per heavy atom. The maximum Gasteiger partial charge on any atom is 0.336 e. The quantitative estimate of drug-likeness (QED) is 0.411. The Balaban J connectivity index is 1.84. The molecule has 0 bridgehead atoms. The molecule has 2 aromatic rings. The van der Waals surface area contributed by atoms with Gasteiger partial charge in [-0.1, -0.05) is 6.07 Å². The normalized spacial score (nSPS) is 19.0. The van der Waals surface area contributed by atoms with Gasteiger partial charge in [0.2, 0.25) is 0 Å². The fourth-order valence-corrected chi connectivity index (χ4v) is 5.92. The summed E-state index contributed by atoms with van der Waals surface area (Å²) >= 11 is 3.56. The summed E-state index contributed by atoms with van der Waals surface area (Å²) in [6.45, 7) is 3.82. The molecule has 202 valence electrons. The second kappa shape index (κ2) is 11.5. The van der Waals surface area contributed by atoms with Crippen molar-refractivity contribution in [2.45, 2.75) is 38.5 Å². The van der Waals surface area contributed by atoms with Gasteiger partial charge < -0.3 is 29.0 Å². The smallest absolute Gasteiger partial charge is 0.336 e. The van der Waals surface area contributed by atoms with Crippen LogP contribution in [0.25, 0.3) is 0 Å². The first-order chi connectivity index (χ1) is 18.3. The van der Waals surface area contributed by atoms with Gasteiger partial charge in [0.15, 0.2) is 28.8 Å². The molecule has 0 radical (unpaired) electrons. The van der Waals surface area contributed by atoms with Gasteiger partial charge in [-0.15, -0.1) is 0 Å². The molecule has 38 heavy (non-hydrogen) atoms. The number of hydrogen-bond acceptors (Lipinski definition) is 8. The van der Waals surface area contributed by atoms with E-state index in [4.69, 9.17) is 23.7 Å². The van der Waals surface area contributed by atoms with Crippen LogP contribution in [0.4, 0.5) is 0 Å². The number of ether oxygens (including phenoxy) is 5. The van der Waals surface area contributed by atoms with Crippen molar-refractivity contribution in [1.29, 1.82) is 0 Å². The lowest BCUT2D eigenvalue weighted by Crippen LogP contribution is -2.36. The molecule has 2 aromatic carbocycles. The monoisotopic (exact) mass is 585 g/mol. The van der Waals surface area contributed by atoms with Crippen LogP contribution in [0, 0.1) is 0 Å². The minimum atomic E-state index is -0.625. The number of hydrogen-bond donors (Lipinski definition) is 1. The zero-order chi connectivity index (χ0) is 27.6. The van der Waals surface area contributed by atoms with Crippen LogP contribution in [0.3, 0.4) is 0 Å². The van der Waals surface area contributed by atoms with E-state index in [9.17, 15) is 9.59 Å². The van der Waals surface area contributed by atoms with Crippen LogP contribution in [0.1, 0.15) is 49.7 Å². The SMILES string of the molecule is CCOC(=O)C1=C(C)NC2=C(C(=O)C[C@H](c3ccc(OC)c(OC)c3)C2)[C@@H]1c1cc(Br)c(OC)c(OC)c1. The number of esters is 1. The van der Waals surface area contributed by atoms with E-state index >= 15 is 0 Å². The summed E-state index contributed by atoms with van der Waals surface area (Å²) in [7, 11) is 6.29. The molecule has 0 spiro atoms.